The van der Waals surface area contributed by atoms with Gasteiger partial charge >= 0.3 is 0 Å². The molecule has 0 aromatic carbocycles. The van der Waals surface area contributed by atoms with E-state index in [4.69, 9.17) is 9.47 Å². The third-order valence-corrected chi connectivity index (χ3v) is 6.66. The van der Waals surface area contributed by atoms with E-state index in [0.717, 1.165) is 76.9 Å². The highest BCUT2D eigenvalue weighted by Gasteiger charge is 2.41. The highest BCUT2D eigenvalue weighted by atomic mass is 16.5. The summed E-state index contributed by atoms with van der Waals surface area (Å²) in [5, 5.41) is 0. The average Bonchev–Trinajstić information content (AvgIpc) is 3.29. The normalized spacial score (nSPS) is 29.4. The van der Waals surface area contributed by atoms with Crippen LogP contribution in [0.25, 0.3) is 0 Å². The van der Waals surface area contributed by atoms with E-state index in [2.05, 4.69) is 17.1 Å². The molecule has 1 atom stereocenters. The number of hydrogen-bond donors (Lipinski definition) is 0. The van der Waals surface area contributed by atoms with Gasteiger partial charge in [-0.25, -0.2) is 0 Å². The Hall–Kier alpha value is -0.870. The molecule has 0 N–H and O–H groups in total. The summed E-state index contributed by atoms with van der Waals surface area (Å²) in [5.41, 5.74) is 0.0319. The molecule has 1 saturated carbocycles. The lowest BCUT2D eigenvalue weighted by Crippen LogP contribution is -2.51. The molecule has 1 amide bonds. The topological polar surface area (TPSA) is 38.8 Å². The Balaban J connectivity index is 1.21. The summed E-state index contributed by atoms with van der Waals surface area (Å²) in [6.45, 7) is 4.52. The minimum atomic E-state index is 0.0319. The molecular weight excluding hydrogens is 314 g/mol. The van der Waals surface area contributed by atoms with Crippen molar-refractivity contribution < 1.29 is 14.3 Å². The molecule has 1 spiro atoms. The highest BCUT2D eigenvalue weighted by molar-refractivity contribution is 5.79. The van der Waals surface area contributed by atoms with Gasteiger partial charge in [0.1, 0.15) is 0 Å². The van der Waals surface area contributed by atoms with Crippen molar-refractivity contribution >= 4 is 5.91 Å². The molecule has 2 saturated heterocycles. The van der Waals surface area contributed by atoms with Gasteiger partial charge in [-0.15, -0.1) is 0 Å². The maximum absolute atomic E-state index is 12.6. The van der Waals surface area contributed by atoms with Crippen LogP contribution in [0.1, 0.15) is 57.8 Å². The number of likely N-dealkylation sites (tertiary alicyclic amines) is 1. The Morgan fingerprint density at radius 1 is 1.12 bits per heavy atom. The molecule has 1 unspecified atom stereocenters. The standard InChI is InChI=1S/C21H33NO3/c23-20(19-3-1-2-4-19)22-11-9-21(10-12-22)15-17(8-14-25-21)7-13-24-16-18-5-6-18/h1-2,17-19H,3-16H2. The smallest absolute Gasteiger partial charge is 0.226 e. The number of nitrogens with zero attached hydrogens (tertiary/aromatic N) is 1. The second-order valence-corrected chi connectivity index (χ2v) is 8.66. The molecule has 2 aliphatic carbocycles. The number of rotatable bonds is 6. The average molecular weight is 347 g/mol. The molecule has 4 aliphatic rings. The maximum atomic E-state index is 12.6. The van der Waals surface area contributed by atoms with Crippen molar-refractivity contribution in [3.63, 3.8) is 0 Å². The predicted octanol–water partition coefficient (Wildman–Crippen LogP) is 3.56. The quantitative estimate of drug-likeness (QED) is 0.545. The summed E-state index contributed by atoms with van der Waals surface area (Å²) in [6.07, 6.45) is 14.4. The van der Waals surface area contributed by atoms with E-state index in [-0.39, 0.29) is 11.5 Å². The number of ether oxygens (including phenoxy) is 2. The van der Waals surface area contributed by atoms with Gasteiger partial charge in [0.15, 0.2) is 0 Å². The van der Waals surface area contributed by atoms with Crippen molar-refractivity contribution in [2.45, 2.75) is 63.4 Å². The van der Waals surface area contributed by atoms with E-state index in [1.54, 1.807) is 0 Å². The monoisotopic (exact) mass is 347 g/mol. The van der Waals surface area contributed by atoms with E-state index in [9.17, 15) is 4.79 Å². The minimum absolute atomic E-state index is 0.0319. The van der Waals surface area contributed by atoms with E-state index >= 15 is 0 Å². The number of carbonyl (C=O) groups is 1. The zero-order valence-corrected chi connectivity index (χ0v) is 15.5. The van der Waals surface area contributed by atoms with Gasteiger partial charge in [-0.2, -0.15) is 0 Å². The first kappa shape index (κ1) is 17.5. The minimum Gasteiger partial charge on any atom is -0.381 e. The van der Waals surface area contributed by atoms with Crippen LogP contribution in [0, 0.1) is 17.8 Å². The Bertz CT molecular complexity index is 483. The molecule has 0 radical (unpaired) electrons. The Kier molecular flexibility index (Phi) is 5.47. The van der Waals surface area contributed by atoms with Crippen LogP contribution in [0.5, 0.6) is 0 Å². The second-order valence-electron chi connectivity index (χ2n) is 8.66. The fraction of sp³-hybridized carbons (Fsp3) is 0.857. The summed E-state index contributed by atoms with van der Waals surface area (Å²) >= 11 is 0. The second kappa shape index (κ2) is 7.79. The van der Waals surface area contributed by atoms with Crippen LogP contribution >= 0.6 is 0 Å². The Labute approximate surface area is 151 Å². The van der Waals surface area contributed by atoms with Crippen molar-refractivity contribution in [2.75, 3.05) is 32.9 Å². The Morgan fingerprint density at radius 3 is 2.60 bits per heavy atom. The van der Waals surface area contributed by atoms with Gasteiger partial charge in [-0.1, -0.05) is 12.2 Å². The highest BCUT2D eigenvalue weighted by Crippen LogP contribution is 2.39. The van der Waals surface area contributed by atoms with Crippen molar-refractivity contribution in [1.82, 2.24) is 4.90 Å². The van der Waals surface area contributed by atoms with Crippen LogP contribution in [0.2, 0.25) is 0 Å². The van der Waals surface area contributed by atoms with Gasteiger partial charge in [0, 0.05) is 38.8 Å². The molecule has 4 rings (SSSR count). The molecule has 2 aliphatic heterocycles. The number of allylic oxidation sites excluding steroid dienone is 2. The largest absolute Gasteiger partial charge is 0.381 e. The molecule has 140 valence electrons. The number of piperidine rings is 1. The summed E-state index contributed by atoms with van der Waals surface area (Å²) < 4.78 is 12.1. The van der Waals surface area contributed by atoms with Crippen LogP contribution in [-0.4, -0.2) is 49.3 Å². The summed E-state index contributed by atoms with van der Waals surface area (Å²) in [5.74, 6) is 2.16. The SMILES string of the molecule is O=C(C1CC=CC1)N1CCC2(CC1)CC(CCOCC1CC1)CCO2. The van der Waals surface area contributed by atoms with Crippen LogP contribution in [-0.2, 0) is 14.3 Å². The summed E-state index contributed by atoms with van der Waals surface area (Å²) in [6, 6.07) is 0. The van der Waals surface area contributed by atoms with Gasteiger partial charge < -0.3 is 14.4 Å². The van der Waals surface area contributed by atoms with Crippen LogP contribution in [0.15, 0.2) is 12.2 Å². The van der Waals surface area contributed by atoms with Crippen LogP contribution in [0.4, 0.5) is 0 Å². The molecule has 0 bridgehead atoms. The molecule has 0 aromatic heterocycles. The zero-order valence-electron chi connectivity index (χ0n) is 15.5. The fourth-order valence-electron chi connectivity index (χ4n) is 4.72. The van der Waals surface area contributed by atoms with Gasteiger partial charge in [-0.3, -0.25) is 4.79 Å². The van der Waals surface area contributed by atoms with E-state index in [1.165, 1.54) is 25.7 Å². The first-order valence-corrected chi connectivity index (χ1v) is 10.4. The number of amides is 1. The third kappa shape index (κ3) is 4.46. The lowest BCUT2D eigenvalue weighted by Gasteiger charge is -2.46. The Morgan fingerprint density at radius 2 is 1.88 bits per heavy atom. The molecule has 2 heterocycles. The van der Waals surface area contributed by atoms with Crippen molar-refractivity contribution in [3.05, 3.63) is 12.2 Å². The third-order valence-electron chi connectivity index (χ3n) is 6.66. The summed E-state index contributed by atoms with van der Waals surface area (Å²) in [4.78, 5) is 14.7. The van der Waals surface area contributed by atoms with Crippen LogP contribution in [0.3, 0.4) is 0 Å². The van der Waals surface area contributed by atoms with Crippen LogP contribution < -0.4 is 0 Å². The van der Waals surface area contributed by atoms with Crippen molar-refractivity contribution in [2.24, 2.45) is 17.8 Å². The fourth-order valence-corrected chi connectivity index (χ4v) is 4.72. The van der Waals surface area contributed by atoms with Crippen molar-refractivity contribution in [3.8, 4) is 0 Å². The van der Waals surface area contributed by atoms with E-state index < -0.39 is 0 Å². The molecule has 25 heavy (non-hydrogen) atoms. The van der Waals surface area contributed by atoms with Gasteiger partial charge in [0.2, 0.25) is 5.91 Å². The lowest BCUT2D eigenvalue weighted by molar-refractivity contribution is -0.150. The first-order chi connectivity index (χ1) is 12.2. The van der Waals surface area contributed by atoms with Gasteiger partial charge in [0.25, 0.3) is 0 Å². The van der Waals surface area contributed by atoms with Crippen molar-refractivity contribution in [1.29, 1.82) is 0 Å². The summed E-state index contributed by atoms with van der Waals surface area (Å²) in [7, 11) is 0. The first-order valence-electron chi connectivity index (χ1n) is 10.4. The molecule has 4 nitrogen and oxygen atoms in total. The number of carbonyl (C=O) groups excluding carboxylic acids is 1. The van der Waals surface area contributed by atoms with E-state index in [0.29, 0.717) is 5.91 Å². The molecule has 3 fully saturated rings. The zero-order chi connectivity index (χ0) is 17.1. The molecular formula is C21H33NO3. The molecule has 4 heteroatoms. The number of hydrogen-bond acceptors (Lipinski definition) is 3. The van der Waals surface area contributed by atoms with Gasteiger partial charge in [-0.05, 0) is 69.6 Å². The molecule has 0 aromatic rings. The van der Waals surface area contributed by atoms with E-state index in [1.807, 2.05) is 0 Å². The predicted molar refractivity (Wildman–Crippen MR) is 97.2 cm³/mol. The van der Waals surface area contributed by atoms with Gasteiger partial charge in [0.05, 0.1) is 5.60 Å². The maximum Gasteiger partial charge on any atom is 0.226 e. The lowest BCUT2D eigenvalue weighted by atomic mass is 9.78.